The molecular weight excluding hydrogens is 438 g/mol. The Bertz CT molecular complexity index is 1340. The van der Waals surface area contributed by atoms with E-state index in [2.05, 4.69) is 10.3 Å². The molecule has 0 aliphatic heterocycles. The molecule has 0 unspecified atom stereocenters. The topological polar surface area (TPSA) is 88.6 Å². The summed E-state index contributed by atoms with van der Waals surface area (Å²) in [6, 6.07) is 25.0. The third kappa shape index (κ3) is 5.19. The monoisotopic (exact) mass is 459 g/mol. The summed E-state index contributed by atoms with van der Waals surface area (Å²) in [6.07, 6.45) is 3.27. The summed E-state index contributed by atoms with van der Waals surface area (Å²) in [7, 11) is -2.34. The Hall–Kier alpha value is -4.17. The number of carbonyl (C=O) groups is 1. The van der Waals surface area contributed by atoms with Crippen LogP contribution >= 0.6 is 0 Å². The summed E-state index contributed by atoms with van der Waals surface area (Å²) in [6.45, 7) is 0. The molecule has 1 N–H and O–H groups in total. The second-order valence-corrected chi connectivity index (χ2v) is 9.07. The van der Waals surface area contributed by atoms with E-state index in [1.165, 1.54) is 23.5 Å². The normalized spacial score (nSPS) is 10.9. The molecule has 166 valence electrons. The van der Waals surface area contributed by atoms with Crippen LogP contribution < -0.4 is 14.4 Å². The molecule has 1 heterocycles. The lowest BCUT2D eigenvalue weighted by Crippen LogP contribution is -2.26. The van der Waals surface area contributed by atoms with Crippen molar-refractivity contribution in [1.29, 1.82) is 0 Å². The van der Waals surface area contributed by atoms with Gasteiger partial charge in [-0.05, 0) is 66.7 Å². The predicted octanol–water partition coefficient (Wildman–Crippen LogP) is 4.95. The molecule has 0 spiro atoms. The highest BCUT2D eigenvalue weighted by Gasteiger charge is 2.22. The fraction of sp³-hybridized carbons (Fsp3) is 0.0400. The van der Waals surface area contributed by atoms with Gasteiger partial charge in [0.2, 0.25) is 0 Å². The van der Waals surface area contributed by atoms with E-state index in [0.717, 1.165) is 0 Å². The van der Waals surface area contributed by atoms with Crippen molar-refractivity contribution in [1.82, 2.24) is 4.98 Å². The molecule has 1 aromatic heterocycles. The summed E-state index contributed by atoms with van der Waals surface area (Å²) in [5.41, 5.74) is 1.31. The molecule has 0 aliphatic carbocycles. The molecule has 0 atom stereocenters. The number of nitrogens with one attached hydrogen (secondary N) is 1. The molecule has 0 saturated carbocycles. The number of aromatic nitrogens is 1. The van der Waals surface area contributed by atoms with E-state index in [1.807, 2.05) is 6.07 Å². The largest absolute Gasteiger partial charge is 0.457 e. The highest BCUT2D eigenvalue weighted by Crippen LogP contribution is 2.24. The maximum atomic E-state index is 13.0. The Morgan fingerprint density at radius 2 is 1.52 bits per heavy atom. The van der Waals surface area contributed by atoms with Crippen LogP contribution in [0.2, 0.25) is 0 Å². The maximum absolute atomic E-state index is 13.0. The Kier molecular flexibility index (Phi) is 6.37. The molecule has 7 nitrogen and oxygen atoms in total. The van der Waals surface area contributed by atoms with Crippen molar-refractivity contribution in [3.63, 3.8) is 0 Å². The predicted molar refractivity (Wildman–Crippen MR) is 127 cm³/mol. The van der Waals surface area contributed by atoms with Gasteiger partial charge in [0.15, 0.2) is 0 Å². The number of hydrogen-bond donors (Lipinski definition) is 1. The lowest BCUT2D eigenvalue weighted by molar-refractivity contribution is 0.102. The Balaban J connectivity index is 1.48. The van der Waals surface area contributed by atoms with Gasteiger partial charge in [-0.25, -0.2) is 8.42 Å². The van der Waals surface area contributed by atoms with Crippen LogP contribution in [0.25, 0.3) is 0 Å². The van der Waals surface area contributed by atoms with Crippen LogP contribution in [0, 0.1) is 0 Å². The molecule has 0 radical (unpaired) electrons. The van der Waals surface area contributed by atoms with Crippen molar-refractivity contribution in [2.45, 2.75) is 4.90 Å². The van der Waals surface area contributed by atoms with E-state index in [4.69, 9.17) is 4.74 Å². The minimum atomic E-state index is -3.82. The first-order chi connectivity index (χ1) is 15.9. The van der Waals surface area contributed by atoms with E-state index in [-0.39, 0.29) is 10.5 Å². The van der Waals surface area contributed by atoms with Crippen molar-refractivity contribution in [2.75, 3.05) is 16.7 Å². The smallest absolute Gasteiger partial charge is 0.264 e. The molecule has 0 bridgehead atoms. The molecule has 8 heteroatoms. The standard InChI is InChI=1S/C25H21N3O4S/c1-28(21-7-3-2-4-8-21)33(30,31)24-9-5-6-19(18-24)25(29)27-20-10-12-22(13-11-20)32-23-14-16-26-17-15-23/h2-18H,1H3,(H,27,29). The number of benzene rings is 3. The van der Waals surface area contributed by atoms with Crippen LogP contribution in [0.5, 0.6) is 11.5 Å². The number of hydrogen-bond acceptors (Lipinski definition) is 5. The number of para-hydroxylation sites is 1. The highest BCUT2D eigenvalue weighted by molar-refractivity contribution is 7.92. The first kappa shape index (κ1) is 22.0. The zero-order valence-electron chi connectivity index (χ0n) is 17.8. The van der Waals surface area contributed by atoms with Crippen molar-refractivity contribution in [2.24, 2.45) is 0 Å². The molecule has 0 fully saturated rings. The van der Waals surface area contributed by atoms with Crippen molar-refractivity contribution >= 4 is 27.3 Å². The zero-order chi connectivity index (χ0) is 23.3. The van der Waals surface area contributed by atoms with Gasteiger partial charge >= 0.3 is 0 Å². The summed E-state index contributed by atoms with van der Waals surface area (Å²) in [5.74, 6) is 0.841. The van der Waals surface area contributed by atoms with E-state index in [0.29, 0.717) is 22.9 Å². The van der Waals surface area contributed by atoms with Gasteiger partial charge in [-0.15, -0.1) is 0 Å². The quantitative estimate of drug-likeness (QED) is 0.422. The molecular formula is C25H21N3O4S. The number of carbonyl (C=O) groups excluding carboxylic acids is 1. The summed E-state index contributed by atoms with van der Waals surface area (Å²) < 4.78 is 33.0. The van der Waals surface area contributed by atoms with Gasteiger partial charge in [0.25, 0.3) is 15.9 Å². The lowest BCUT2D eigenvalue weighted by Gasteiger charge is -2.19. The molecule has 4 aromatic rings. The fourth-order valence-electron chi connectivity index (χ4n) is 3.08. The van der Waals surface area contributed by atoms with Crippen LogP contribution in [0.3, 0.4) is 0 Å². The first-order valence-corrected chi connectivity index (χ1v) is 11.5. The Morgan fingerprint density at radius 3 is 2.21 bits per heavy atom. The second kappa shape index (κ2) is 9.54. The van der Waals surface area contributed by atoms with Crippen LogP contribution in [0.15, 0.2) is 108 Å². The van der Waals surface area contributed by atoms with Gasteiger partial charge in [-0.1, -0.05) is 24.3 Å². The van der Waals surface area contributed by atoms with Crippen molar-refractivity contribution in [3.8, 4) is 11.5 Å². The third-order valence-corrected chi connectivity index (χ3v) is 6.65. The summed E-state index contributed by atoms with van der Waals surface area (Å²) in [5, 5.41) is 2.78. The third-order valence-electron chi connectivity index (χ3n) is 4.87. The Labute approximate surface area is 192 Å². The van der Waals surface area contributed by atoms with Crippen LogP contribution in [0.4, 0.5) is 11.4 Å². The number of nitrogens with zero attached hydrogens (tertiary/aromatic N) is 2. The van der Waals surface area contributed by atoms with Crippen molar-refractivity contribution in [3.05, 3.63) is 109 Å². The van der Waals surface area contributed by atoms with Crippen LogP contribution in [-0.2, 0) is 10.0 Å². The maximum Gasteiger partial charge on any atom is 0.264 e. The van der Waals surface area contributed by atoms with E-state index < -0.39 is 15.9 Å². The molecule has 0 aliphatic rings. The number of amides is 1. The first-order valence-electron chi connectivity index (χ1n) is 10.1. The number of rotatable bonds is 7. The van der Waals surface area contributed by atoms with Gasteiger partial charge < -0.3 is 10.1 Å². The van der Waals surface area contributed by atoms with Gasteiger partial charge in [0.05, 0.1) is 10.6 Å². The average Bonchev–Trinajstić information content (AvgIpc) is 2.86. The average molecular weight is 460 g/mol. The Morgan fingerprint density at radius 1 is 0.848 bits per heavy atom. The lowest BCUT2D eigenvalue weighted by atomic mass is 10.2. The highest BCUT2D eigenvalue weighted by atomic mass is 32.2. The zero-order valence-corrected chi connectivity index (χ0v) is 18.6. The summed E-state index contributed by atoms with van der Waals surface area (Å²) >= 11 is 0. The summed E-state index contributed by atoms with van der Waals surface area (Å²) in [4.78, 5) is 16.7. The van der Waals surface area contributed by atoms with Gasteiger partial charge in [0, 0.05) is 30.7 Å². The number of sulfonamides is 1. The SMILES string of the molecule is CN(c1ccccc1)S(=O)(=O)c1cccc(C(=O)Nc2ccc(Oc3ccncc3)cc2)c1. The molecule has 1 amide bonds. The fourth-order valence-corrected chi connectivity index (χ4v) is 4.33. The van der Waals surface area contributed by atoms with E-state index in [1.54, 1.807) is 85.2 Å². The number of anilines is 2. The minimum absolute atomic E-state index is 0.0302. The number of pyridine rings is 1. The van der Waals surface area contributed by atoms with E-state index >= 15 is 0 Å². The molecule has 0 saturated heterocycles. The van der Waals surface area contributed by atoms with Crippen molar-refractivity contribution < 1.29 is 17.9 Å². The van der Waals surface area contributed by atoms with Gasteiger partial charge in [-0.2, -0.15) is 0 Å². The van der Waals surface area contributed by atoms with Gasteiger partial charge in [-0.3, -0.25) is 14.1 Å². The van der Waals surface area contributed by atoms with Gasteiger partial charge in [0.1, 0.15) is 11.5 Å². The minimum Gasteiger partial charge on any atom is -0.457 e. The van der Waals surface area contributed by atoms with E-state index in [9.17, 15) is 13.2 Å². The molecule has 33 heavy (non-hydrogen) atoms. The molecule has 3 aromatic carbocycles. The second-order valence-electron chi connectivity index (χ2n) is 7.10. The molecule has 4 rings (SSSR count). The van der Waals surface area contributed by atoms with Crippen LogP contribution in [-0.4, -0.2) is 26.4 Å². The number of ether oxygens (including phenoxy) is 1. The van der Waals surface area contributed by atoms with Crippen LogP contribution in [0.1, 0.15) is 10.4 Å².